The summed E-state index contributed by atoms with van der Waals surface area (Å²) in [6, 6.07) is 16.4. The molecule has 0 radical (unpaired) electrons. The summed E-state index contributed by atoms with van der Waals surface area (Å²) in [6.07, 6.45) is 2.91. The van der Waals surface area contributed by atoms with Gasteiger partial charge in [-0.25, -0.2) is 9.59 Å². The summed E-state index contributed by atoms with van der Waals surface area (Å²) in [5.74, 6) is 0.191. The molecule has 0 bridgehead atoms. The first-order chi connectivity index (χ1) is 15.4. The third-order valence-electron chi connectivity index (χ3n) is 5.90. The van der Waals surface area contributed by atoms with Crippen LogP contribution in [0.1, 0.15) is 56.0 Å². The first-order valence-electron chi connectivity index (χ1n) is 11.0. The number of carbonyl (C=O) groups is 2. The van der Waals surface area contributed by atoms with Crippen LogP contribution >= 0.6 is 11.8 Å². The van der Waals surface area contributed by atoms with E-state index >= 15 is 0 Å². The molecule has 0 aliphatic heterocycles. The predicted molar refractivity (Wildman–Crippen MR) is 123 cm³/mol. The summed E-state index contributed by atoms with van der Waals surface area (Å²) in [6.45, 7) is 6.07. The summed E-state index contributed by atoms with van der Waals surface area (Å²) < 4.78 is 11.0. The Hall–Kier alpha value is -2.78. The van der Waals surface area contributed by atoms with E-state index in [9.17, 15) is 14.9 Å². The van der Waals surface area contributed by atoms with E-state index in [2.05, 4.69) is 26.8 Å². The van der Waals surface area contributed by atoms with Gasteiger partial charge < -0.3 is 9.47 Å². The van der Waals surface area contributed by atoms with Crippen molar-refractivity contribution >= 4 is 23.7 Å². The molecule has 0 amide bonds. The molecule has 5 nitrogen and oxygen atoms in total. The van der Waals surface area contributed by atoms with Crippen LogP contribution in [0.4, 0.5) is 0 Å². The molecule has 3 atom stereocenters. The van der Waals surface area contributed by atoms with Crippen LogP contribution in [0, 0.1) is 29.1 Å². The molecule has 3 rings (SSSR count). The van der Waals surface area contributed by atoms with Crippen molar-refractivity contribution in [2.24, 2.45) is 17.8 Å². The lowest BCUT2D eigenvalue weighted by Gasteiger charge is -2.36. The molecule has 1 aliphatic rings. The Morgan fingerprint density at radius 3 is 2.50 bits per heavy atom. The molecule has 6 heteroatoms. The van der Waals surface area contributed by atoms with E-state index in [1.807, 2.05) is 18.2 Å². The van der Waals surface area contributed by atoms with Crippen molar-refractivity contribution in [2.75, 3.05) is 6.61 Å². The van der Waals surface area contributed by atoms with Gasteiger partial charge in [0.25, 0.3) is 0 Å². The number of hydrogen-bond donors (Lipinski definition) is 0. The molecular weight excluding hydrogens is 422 g/mol. The van der Waals surface area contributed by atoms with Gasteiger partial charge in [0, 0.05) is 9.79 Å². The van der Waals surface area contributed by atoms with E-state index < -0.39 is 18.5 Å². The van der Waals surface area contributed by atoms with Gasteiger partial charge in [0.2, 0.25) is 0 Å². The van der Waals surface area contributed by atoms with E-state index in [4.69, 9.17) is 9.47 Å². The summed E-state index contributed by atoms with van der Waals surface area (Å²) in [5, 5.41) is 9.32. The Morgan fingerprint density at radius 2 is 1.78 bits per heavy atom. The number of benzene rings is 2. The van der Waals surface area contributed by atoms with E-state index in [0.717, 1.165) is 24.2 Å². The molecule has 168 valence electrons. The Morgan fingerprint density at radius 1 is 1.09 bits per heavy atom. The van der Waals surface area contributed by atoms with Crippen LogP contribution in [0.15, 0.2) is 58.3 Å². The van der Waals surface area contributed by atoms with E-state index in [-0.39, 0.29) is 6.10 Å². The van der Waals surface area contributed by atoms with Crippen LogP contribution in [-0.4, -0.2) is 24.6 Å². The highest BCUT2D eigenvalue weighted by Crippen LogP contribution is 2.35. The Labute approximate surface area is 194 Å². The molecule has 0 spiro atoms. The maximum atomic E-state index is 12.7. The Bertz CT molecular complexity index is 997. The molecule has 0 saturated heterocycles. The van der Waals surface area contributed by atoms with Crippen molar-refractivity contribution < 1.29 is 19.1 Å². The second-order valence-electron chi connectivity index (χ2n) is 8.64. The average molecular weight is 452 g/mol. The zero-order valence-corrected chi connectivity index (χ0v) is 19.6. The summed E-state index contributed by atoms with van der Waals surface area (Å²) >= 11 is 1.32. The molecule has 0 heterocycles. The minimum absolute atomic E-state index is 0.129. The van der Waals surface area contributed by atoms with Crippen LogP contribution < -0.4 is 0 Å². The average Bonchev–Trinajstić information content (AvgIpc) is 2.78. The van der Waals surface area contributed by atoms with Gasteiger partial charge in [-0.05, 0) is 54.9 Å². The third-order valence-corrected chi connectivity index (χ3v) is 7.05. The van der Waals surface area contributed by atoms with E-state index in [1.165, 1.54) is 11.8 Å². The minimum atomic E-state index is -0.586. The van der Waals surface area contributed by atoms with Gasteiger partial charge in [-0.1, -0.05) is 63.2 Å². The predicted octanol–water partition coefficient (Wildman–Crippen LogP) is 5.87. The zero-order valence-electron chi connectivity index (χ0n) is 18.7. The molecule has 0 aromatic heterocycles. The maximum Gasteiger partial charge on any atom is 0.344 e. The van der Waals surface area contributed by atoms with E-state index in [1.54, 1.807) is 30.3 Å². The van der Waals surface area contributed by atoms with Gasteiger partial charge >= 0.3 is 11.9 Å². The monoisotopic (exact) mass is 451 g/mol. The van der Waals surface area contributed by atoms with Crippen molar-refractivity contribution in [1.29, 1.82) is 5.26 Å². The van der Waals surface area contributed by atoms with Crippen LogP contribution in [0.5, 0.6) is 0 Å². The van der Waals surface area contributed by atoms with Crippen molar-refractivity contribution in [2.45, 2.75) is 55.9 Å². The molecule has 2 aromatic rings. The number of ether oxygens (including phenoxy) is 2. The zero-order chi connectivity index (χ0) is 23.1. The smallest absolute Gasteiger partial charge is 0.344 e. The lowest BCUT2D eigenvalue weighted by atomic mass is 9.75. The van der Waals surface area contributed by atoms with Gasteiger partial charge in [-0.2, -0.15) is 5.26 Å². The SMILES string of the molecule is CC(C)[C@H]1CC[C@@H](C)C[C@H]1OC(=O)COC(=O)c1ccccc1Sc1ccccc1C#N. The fourth-order valence-corrected chi connectivity index (χ4v) is 5.16. The van der Waals surface area contributed by atoms with Gasteiger partial charge in [0.05, 0.1) is 11.1 Å². The molecular formula is C26H29NO4S. The van der Waals surface area contributed by atoms with Crippen LogP contribution in [0.2, 0.25) is 0 Å². The normalized spacial score (nSPS) is 20.4. The number of hydrogen-bond acceptors (Lipinski definition) is 6. The van der Waals surface area contributed by atoms with Crippen LogP contribution in [-0.2, 0) is 14.3 Å². The van der Waals surface area contributed by atoms with Gasteiger partial charge in [0.1, 0.15) is 12.2 Å². The molecule has 0 N–H and O–H groups in total. The minimum Gasteiger partial charge on any atom is -0.460 e. The lowest BCUT2D eigenvalue weighted by molar-refractivity contribution is -0.159. The molecule has 1 fully saturated rings. The second kappa shape index (κ2) is 11.2. The van der Waals surface area contributed by atoms with Crippen LogP contribution in [0.25, 0.3) is 0 Å². The number of esters is 2. The first-order valence-corrected chi connectivity index (χ1v) is 11.8. The van der Waals surface area contributed by atoms with E-state index in [0.29, 0.717) is 33.8 Å². The van der Waals surface area contributed by atoms with Crippen molar-refractivity contribution in [3.05, 3.63) is 59.7 Å². The van der Waals surface area contributed by atoms with Gasteiger partial charge in [0.15, 0.2) is 6.61 Å². The number of carbonyl (C=O) groups excluding carboxylic acids is 2. The molecule has 2 aromatic carbocycles. The quantitative estimate of drug-likeness (QED) is 0.490. The fraction of sp³-hybridized carbons (Fsp3) is 0.423. The van der Waals surface area contributed by atoms with Crippen molar-refractivity contribution in [3.8, 4) is 6.07 Å². The largest absolute Gasteiger partial charge is 0.460 e. The number of nitriles is 1. The fourth-order valence-electron chi connectivity index (χ4n) is 4.15. The highest BCUT2D eigenvalue weighted by Gasteiger charge is 2.33. The molecule has 32 heavy (non-hydrogen) atoms. The highest BCUT2D eigenvalue weighted by atomic mass is 32.2. The Kier molecular flexibility index (Phi) is 8.35. The molecule has 0 unspecified atom stereocenters. The summed E-state index contributed by atoms with van der Waals surface area (Å²) in [4.78, 5) is 26.6. The van der Waals surface area contributed by atoms with Crippen LogP contribution in [0.3, 0.4) is 0 Å². The van der Waals surface area contributed by atoms with Gasteiger partial charge in [-0.15, -0.1) is 0 Å². The number of rotatable bonds is 7. The standard InChI is InChI=1S/C26H29NO4S/c1-17(2)20-13-12-18(3)14-22(20)31-25(28)16-30-26(29)21-9-5-7-11-24(21)32-23-10-6-4-8-19(23)15-27/h4-11,17-18,20,22H,12-14,16H2,1-3H3/t18-,20-,22-/m1/s1. The summed E-state index contributed by atoms with van der Waals surface area (Å²) in [5.41, 5.74) is 0.884. The van der Waals surface area contributed by atoms with Crippen molar-refractivity contribution in [3.63, 3.8) is 0 Å². The first kappa shape index (κ1) is 23.9. The second-order valence-corrected chi connectivity index (χ2v) is 9.72. The number of nitrogens with zero attached hydrogens (tertiary/aromatic N) is 1. The highest BCUT2D eigenvalue weighted by molar-refractivity contribution is 7.99. The van der Waals surface area contributed by atoms with Gasteiger partial charge in [-0.3, -0.25) is 0 Å². The maximum absolute atomic E-state index is 12.7. The Balaban J connectivity index is 1.63. The molecule has 1 saturated carbocycles. The summed E-state index contributed by atoms with van der Waals surface area (Å²) in [7, 11) is 0. The topological polar surface area (TPSA) is 76.4 Å². The molecule has 1 aliphatic carbocycles. The van der Waals surface area contributed by atoms with Crippen molar-refractivity contribution in [1.82, 2.24) is 0 Å². The third kappa shape index (κ3) is 6.14. The lowest BCUT2D eigenvalue weighted by Crippen LogP contribution is -2.36.